The second-order valence-electron chi connectivity index (χ2n) is 6.06. The molecule has 2 amide bonds. The number of carbonyl (C=O) groups is 2. The summed E-state index contributed by atoms with van der Waals surface area (Å²) in [6.07, 6.45) is 0. The Morgan fingerprint density at radius 3 is 2.32 bits per heavy atom. The van der Waals surface area contributed by atoms with Crippen LogP contribution in [0.15, 0.2) is 39.9 Å². The van der Waals surface area contributed by atoms with Crippen molar-refractivity contribution in [2.24, 2.45) is 0 Å². The summed E-state index contributed by atoms with van der Waals surface area (Å²) in [7, 11) is -3.73. The maximum Gasteiger partial charge on any atom is 0.254 e. The van der Waals surface area contributed by atoms with E-state index in [-0.39, 0.29) is 42.5 Å². The zero-order chi connectivity index (χ0) is 20.3. The molecule has 1 aromatic heterocycles. The number of hydrogen-bond donors (Lipinski definition) is 1. The summed E-state index contributed by atoms with van der Waals surface area (Å²) in [5.74, 6) is -2.99. The zero-order valence-electron chi connectivity index (χ0n) is 14.6. The molecule has 1 saturated heterocycles. The van der Waals surface area contributed by atoms with Gasteiger partial charge in [0.2, 0.25) is 5.91 Å². The van der Waals surface area contributed by atoms with Crippen LogP contribution < -0.4 is 4.72 Å². The Labute approximate surface area is 164 Å². The van der Waals surface area contributed by atoms with Crippen LogP contribution >= 0.6 is 11.3 Å². The van der Waals surface area contributed by atoms with Gasteiger partial charge in [0.05, 0.1) is 6.54 Å². The first kappa shape index (κ1) is 20.4. The Bertz CT molecular complexity index is 972. The molecule has 11 heteroatoms. The summed E-state index contributed by atoms with van der Waals surface area (Å²) < 4.78 is 52.8. The molecule has 1 N–H and O–H groups in total. The van der Waals surface area contributed by atoms with E-state index in [9.17, 15) is 26.8 Å². The fourth-order valence-corrected chi connectivity index (χ4v) is 4.74. The summed E-state index contributed by atoms with van der Waals surface area (Å²) in [6, 6.07) is 5.98. The molecule has 0 radical (unpaired) electrons. The molecule has 3 rings (SSSR count). The van der Waals surface area contributed by atoms with Gasteiger partial charge in [-0.3, -0.25) is 9.59 Å². The van der Waals surface area contributed by atoms with E-state index in [1.54, 1.807) is 11.4 Å². The Morgan fingerprint density at radius 1 is 1.04 bits per heavy atom. The van der Waals surface area contributed by atoms with Crippen LogP contribution in [0.2, 0.25) is 0 Å². The first-order valence-corrected chi connectivity index (χ1v) is 10.7. The fourth-order valence-electron chi connectivity index (χ4n) is 2.73. The minimum atomic E-state index is -3.73. The van der Waals surface area contributed by atoms with Crippen molar-refractivity contribution >= 4 is 33.2 Å². The lowest BCUT2D eigenvalue weighted by Gasteiger charge is -2.34. The Morgan fingerprint density at radius 2 is 1.71 bits per heavy atom. The van der Waals surface area contributed by atoms with Crippen LogP contribution in [0.1, 0.15) is 10.4 Å². The maximum atomic E-state index is 13.3. The van der Waals surface area contributed by atoms with Gasteiger partial charge in [0.1, 0.15) is 4.21 Å². The molecule has 28 heavy (non-hydrogen) atoms. The predicted molar refractivity (Wildman–Crippen MR) is 98.3 cm³/mol. The predicted octanol–water partition coefficient (Wildman–Crippen LogP) is 1.29. The lowest BCUT2D eigenvalue weighted by molar-refractivity contribution is -0.131. The highest BCUT2D eigenvalue weighted by Gasteiger charge is 2.26. The lowest BCUT2D eigenvalue weighted by Crippen LogP contribution is -2.52. The highest BCUT2D eigenvalue weighted by atomic mass is 32.2. The lowest BCUT2D eigenvalue weighted by atomic mass is 10.1. The van der Waals surface area contributed by atoms with Gasteiger partial charge < -0.3 is 9.80 Å². The maximum absolute atomic E-state index is 13.3. The highest BCUT2D eigenvalue weighted by molar-refractivity contribution is 7.91. The summed E-state index contributed by atoms with van der Waals surface area (Å²) in [6.45, 7) is 0.476. The van der Waals surface area contributed by atoms with Crippen LogP contribution in [0.25, 0.3) is 0 Å². The van der Waals surface area contributed by atoms with E-state index in [1.165, 1.54) is 21.9 Å². The molecular weight excluding hydrogens is 412 g/mol. The molecule has 0 bridgehead atoms. The van der Waals surface area contributed by atoms with Crippen molar-refractivity contribution in [3.05, 3.63) is 52.9 Å². The monoisotopic (exact) mass is 429 g/mol. The molecule has 7 nitrogen and oxygen atoms in total. The number of nitrogens with zero attached hydrogens (tertiary/aromatic N) is 2. The Balaban J connectivity index is 1.52. The summed E-state index contributed by atoms with van der Waals surface area (Å²) in [5.41, 5.74) is 0.0300. The van der Waals surface area contributed by atoms with E-state index in [1.807, 2.05) is 0 Å². The summed E-state index contributed by atoms with van der Waals surface area (Å²) >= 11 is 1.05. The second kappa shape index (κ2) is 8.33. The molecule has 0 saturated carbocycles. The molecule has 0 unspecified atom stereocenters. The zero-order valence-corrected chi connectivity index (χ0v) is 16.2. The number of rotatable bonds is 5. The van der Waals surface area contributed by atoms with Crippen molar-refractivity contribution in [1.82, 2.24) is 14.5 Å². The highest BCUT2D eigenvalue weighted by Crippen LogP contribution is 2.15. The number of benzene rings is 1. The number of sulfonamides is 1. The Hall–Kier alpha value is -2.37. The van der Waals surface area contributed by atoms with Gasteiger partial charge in [-0.2, -0.15) is 0 Å². The molecule has 1 aromatic carbocycles. The molecule has 150 valence electrons. The number of nitrogens with one attached hydrogen (secondary N) is 1. The topological polar surface area (TPSA) is 86.8 Å². The van der Waals surface area contributed by atoms with Gasteiger partial charge in [0, 0.05) is 31.7 Å². The normalized spacial score (nSPS) is 14.9. The van der Waals surface area contributed by atoms with Crippen molar-refractivity contribution in [3.63, 3.8) is 0 Å². The largest absolute Gasteiger partial charge is 0.338 e. The van der Waals surface area contributed by atoms with Crippen LogP contribution in [-0.4, -0.2) is 62.8 Å². The van der Waals surface area contributed by atoms with Gasteiger partial charge >= 0.3 is 0 Å². The first-order valence-electron chi connectivity index (χ1n) is 8.33. The van der Waals surface area contributed by atoms with Gasteiger partial charge in [0.25, 0.3) is 15.9 Å². The SMILES string of the molecule is O=C(CNS(=O)(=O)c1cccs1)N1CCN(C(=O)c2ccc(F)c(F)c2)CC1. The molecule has 2 aromatic rings. The summed E-state index contributed by atoms with van der Waals surface area (Å²) in [5, 5.41) is 1.62. The number of piperazine rings is 1. The van der Waals surface area contributed by atoms with Crippen molar-refractivity contribution in [3.8, 4) is 0 Å². The molecule has 1 aliphatic heterocycles. The van der Waals surface area contributed by atoms with Crippen molar-refractivity contribution in [1.29, 1.82) is 0 Å². The van der Waals surface area contributed by atoms with E-state index in [4.69, 9.17) is 0 Å². The minimum absolute atomic E-state index is 0.0300. The van der Waals surface area contributed by atoms with Gasteiger partial charge in [-0.15, -0.1) is 11.3 Å². The smallest absolute Gasteiger partial charge is 0.254 e. The molecule has 0 atom stereocenters. The standard InChI is InChI=1S/C17H17F2N3O4S2/c18-13-4-3-12(10-14(13)19)17(24)22-7-5-21(6-8-22)15(23)11-20-28(25,26)16-2-1-9-27-16/h1-4,9-10,20H,5-8,11H2. The van der Waals surface area contributed by atoms with Crippen molar-refractivity contribution in [2.45, 2.75) is 4.21 Å². The first-order chi connectivity index (χ1) is 13.3. The van der Waals surface area contributed by atoms with Crippen LogP contribution in [0.3, 0.4) is 0 Å². The third kappa shape index (κ3) is 4.54. The number of halogens is 2. The van der Waals surface area contributed by atoms with Gasteiger partial charge in [-0.25, -0.2) is 21.9 Å². The molecule has 0 aliphatic carbocycles. The number of carbonyl (C=O) groups excluding carboxylic acids is 2. The van der Waals surface area contributed by atoms with Gasteiger partial charge in [-0.1, -0.05) is 6.07 Å². The van der Waals surface area contributed by atoms with E-state index in [2.05, 4.69) is 4.72 Å². The van der Waals surface area contributed by atoms with Crippen molar-refractivity contribution < 1.29 is 26.8 Å². The quantitative estimate of drug-likeness (QED) is 0.776. The van der Waals surface area contributed by atoms with E-state index in [0.717, 1.165) is 23.5 Å². The third-order valence-corrected chi connectivity index (χ3v) is 7.06. The second-order valence-corrected chi connectivity index (χ2v) is 9.00. The molecule has 2 heterocycles. The van der Waals surface area contributed by atoms with Crippen LogP contribution in [0.5, 0.6) is 0 Å². The van der Waals surface area contributed by atoms with Crippen LogP contribution in [-0.2, 0) is 14.8 Å². The summed E-state index contributed by atoms with van der Waals surface area (Å²) in [4.78, 5) is 27.5. The third-order valence-electron chi connectivity index (χ3n) is 4.26. The minimum Gasteiger partial charge on any atom is -0.338 e. The number of hydrogen-bond acceptors (Lipinski definition) is 5. The average molecular weight is 429 g/mol. The fraction of sp³-hybridized carbons (Fsp3) is 0.294. The average Bonchev–Trinajstić information content (AvgIpc) is 3.24. The van der Waals surface area contributed by atoms with E-state index in [0.29, 0.717) is 0 Å². The van der Waals surface area contributed by atoms with E-state index < -0.39 is 33.5 Å². The van der Waals surface area contributed by atoms with E-state index >= 15 is 0 Å². The van der Waals surface area contributed by atoms with Crippen LogP contribution in [0, 0.1) is 11.6 Å². The molecule has 0 spiro atoms. The van der Waals surface area contributed by atoms with Gasteiger partial charge in [0.15, 0.2) is 11.6 Å². The number of amides is 2. The van der Waals surface area contributed by atoms with Crippen LogP contribution in [0.4, 0.5) is 8.78 Å². The Kier molecular flexibility index (Phi) is 6.06. The molecule has 1 fully saturated rings. The van der Waals surface area contributed by atoms with Crippen molar-refractivity contribution in [2.75, 3.05) is 32.7 Å². The van der Waals surface area contributed by atoms with Gasteiger partial charge in [-0.05, 0) is 29.6 Å². The molecular formula is C17H17F2N3O4S2. The molecule has 1 aliphatic rings. The number of thiophene rings is 1.